The van der Waals surface area contributed by atoms with Crippen LogP contribution < -0.4 is 0 Å². The topological polar surface area (TPSA) is 28.7 Å². The molecule has 0 saturated heterocycles. The number of hydrogen-bond donors (Lipinski definition) is 0. The van der Waals surface area contributed by atoms with Crippen molar-refractivity contribution in [2.45, 2.75) is 39.2 Å². The van der Waals surface area contributed by atoms with Crippen LogP contribution in [-0.2, 0) is 13.0 Å². The normalized spacial score (nSPS) is 16.7. The number of nitrogens with zero attached hydrogens (tertiary/aromatic N) is 2. The molecule has 0 atom stereocenters. The van der Waals surface area contributed by atoms with E-state index in [1.54, 1.807) is 0 Å². The molecule has 0 N–H and O–H groups in total. The third-order valence-corrected chi connectivity index (χ3v) is 4.17. The lowest BCUT2D eigenvalue weighted by atomic mass is 10.0. The second-order valence-corrected chi connectivity index (χ2v) is 5.49. The van der Waals surface area contributed by atoms with Crippen LogP contribution in [0.3, 0.4) is 0 Å². The van der Waals surface area contributed by atoms with E-state index >= 15 is 0 Å². The number of aryl methyl sites for hydroxylation is 1. The summed E-state index contributed by atoms with van der Waals surface area (Å²) >= 11 is 0. The van der Waals surface area contributed by atoms with Gasteiger partial charge in [-0.1, -0.05) is 25.1 Å². The number of fused-ring (bicyclic) bond motifs is 1. The summed E-state index contributed by atoms with van der Waals surface area (Å²) < 4.78 is 2.36. The van der Waals surface area contributed by atoms with Crippen molar-refractivity contribution in [3.8, 4) is 6.07 Å². The van der Waals surface area contributed by atoms with E-state index in [-0.39, 0.29) is 5.41 Å². The van der Waals surface area contributed by atoms with Gasteiger partial charge in [-0.3, -0.25) is 0 Å². The highest BCUT2D eigenvalue weighted by atomic mass is 15.0. The van der Waals surface area contributed by atoms with Crippen molar-refractivity contribution >= 4 is 10.9 Å². The summed E-state index contributed by atoms with van der Waals surface area (Å²) in [5.41, 5.74) is 3.04. The number of nitriles is 1. The van der Waals surface area contributed by atoms with E-state index in [4.69, 9.17) is 5.26 Å². The molecular formula is C16H18N2. The molecule has 2 heteroatoms. The Labute approximate surface area is 108 Å². The van der Waals surface area contributed by atoms with Gasteiger partial charge in [0.15, 0.2) is 0 Å². The minimum absolute atomic E-state index is 0.265. The highest BCUT2D eigenvalue weighted by Crippen LogP contribution is 2.50. The van der Waals surface area contributed by atoms with Gasteiger partial charge in [0.25, 0.3) is 0 Å². The van der Waals surface area contributed by atoms with Crippen LogP contribution in [0, 0.1) is 16.7 Å². The summed E-state index contributed by atoms with van der Waals surface area (Å²) in [5, 5.41) is 10.2. The molecule has 2 aromatic rings. The van der Waals surface area contributed by atoms with Gasteiger partial charge in [-0.25, -0.2) is 0 Å². The average molecular weight is 238 g/mol. The molecule has 0 unspecified atom stereocenters. The maximum atomic E-state index is 8.93. The summed E-state index contributed by atoms with van der Waals surface area (Å²) in [5.74, 6) is 0. The molecule has 1 fully saturated rings. The molecule has 0 spiro atoms. The van der Waals surface area contributed by atoms with Crippen molar-refractivity contribution < 1.29 is 0 Å². The van der Waals surface area contributed by atoms with Crippen LogP contribution in [0.25, 0.3) is 10.9 Å². The molecule has 2 nitrogen and oxygen atoms in total. The highest BCUT2D eigenvalue weighted by molar-refractivity contribution is 5.83. The Morgan fingerprint density at radius 1 is 1.33 bits per heavy atom. The first-order valence-electron chi connectivity index (χ1n) is 6.72. The zero-order chi connectivity index (χ0) is 12.6. The van der Waals surface area contributed by atoms with Crippen molar-refractivity contribution in [2.24, 2.45) is 5.41 Å². The summed E-state index contributed by atoms with van der Waals surface area (Å²) in [6, 6.07) is 11.1. The van der Waals surface area contributed by atoms with Gasteiger partial charge in [0.2, 0.25) is 0 Å². The lowest BCUT2D eigenvalue weighted by Gasteiger charge is -2.15. The molecule has 3 rings (SSSR count). The van der Waals surface area contributed by atoms with E-state index < -0.39 is 0 Å². The van der Waals surface area contributed by atoms with Crippen LogP contribution in [0.2, 0.25) is 0 Å². The molecule has 0 aliphatic heterocycles. The Kier molecular flexibility index (Phi) is 2.63. The Bertz CT molecular complexity index is 612. The Morgan fingerprint density at radius 3 is 2.83 bits per heavy atom. The maximum Gasteiger partial charge on any atom is 0.0628 e. The number of benzene rings is 1. The van der Waals surface area contributed by atoms with Crippen LogP contribution in [0.5, 0.6) is 0 Å². The summed E-state index contributed by atoms with van der Waals surface area (Å²) in [4.78, 5) is 0. The highest BCUT2D eigenvalue weighted by Gasteiger charge is 2.42. The summed E-state index contributed by atoms with van der Waals surface area (Å²) in [6.07, 6.45) is 6.35. The Morgan fingerprint density at radius 2 is 2.17 bits per heavy atom. The van der Waals surface area contributed by atoms with Gasteiger partial charge >= 0.3 is 0 Å². The largest absolute Gasteiger partial charge is 0.347 e. The monoisotopic (exact) mass is 238 g/mol. The molecule has 1 aromatic heterocycles. The van der Waals surface area contributed by atoms with Crippen molar-refractivity contribution in [3.05, 3.63) is 36.0 Å². The zero-order valence-corrected chi connectivity index (χ0v) is 10.8. The van der Waals surface area contributed by atoms with Crippen LogP contribution in [0.4, 0.5) is 0 Å². The van der Waals surface area contributed by atoms with Crippen LogP contribution in [-0.4, -0.2) is 4.57 Å². The summed E-state index contributed by atoms with van der Waals surface area (Å²) in [7, 11) is 0. The zero-order valence-electron chi connectivity index (χ0n) is 10.8. The van der Waals surface area contributed by atoms with Gasteiger partial charge in [-0.2, -0.15) is 5.26 Å². The number of hydrogen-bond acceptors (Lipinski definition) is 1. The Hall–Kier alpha value is -1.75. The molecule has 1 saturated carbocycles. The van der Waals surface area contributed by atoms with E-state index in [2.05, 4.69) is 48.0 Å². The predicted octanol–water partition coefficient (Wildman–Crippen LogP) is 3.90. The molecule has 18 heavy (non-hydrogen) atoms. The second-order valence-electron chi connectivity index (χ2n) is 5.49. The molecule has 92 valence electrons. The first kappa shape index (κ1) is 11.3. The minimum Gasteiger partial charge on any atom is -0.347 e. The fourth-order valence-corrected chi connectivity index (χ4v) is 2.85. The van der Waals surface area contributed by atoms with Crippen molar-refractivity contribution in [3.63, 3.8) is 0 Å². The SMILES string of the molecule is CCc1cccc2ccn(CC3(CC#N)CC3)c12. The van der Waals surface area contributed by atoms with Crippen LogP contribution in [0.15, 0.2) is 30.5 Å². The fraction of sp³-hybridized carbons (Fsp3) is 0.438. The third-order valence-electron chi connectivity index (χ3n) is 4.17. The molecule has 0 radical (unpaired) electrons. The smallest absolute Gasteiger partial charge is 0.0628 e. The van der Waals surface area contributed by atoms with Gasteiger partial charge in [0.05, 0.1) is 11.6 Å². The van der Waals surface area contributed by atoms with Gasteiger partial charge < -0.3 is 4.57 Å². The predicted molar refractivity (Wildman–Crippen MR) is 73.2 cm³/mol. The van der Waals surface area contributed by atoms with Gasteiger partial charge in [-0.05, 0) is 36.3 Å². The minimum atomic E-state index is 0.265. The number of rotatable bonds is 4. The van der Waals surface area contributed by atoms with E-state index in [0.717, 1.165) is 13.0 Å². The van der Waals surface area contributed by atoms with Crippen molar-refractivity contribution in [1.29, 1.82) is 5.26 Å². The standard InChI is InChI=1S/C16H18N2/c1-2-13-4-3-5-14-6-11-18(15(13)14)12-16(7-8-16)9-10-17/h3-6,11H,2,7-9,12H2,1H3. The molecular weight excluding hydrogens is 220 g/mol. The third kappa shape index (κ3) is 1.80. The van der Waals surface area contributed by atoms with Crippen LogP contribution in [0.1, 0.15) is 31.7 Å². The molecule has 1 aromatic carbocycles. The van der Waals surface area contributed by atoms with Gasteiger partial charge in [0.1, 0.15) is 0 Å². The first-order chi connectivity index (χ1) is 8.78. The van der Waals surface area contributed by atoms with Crippen molar-refractivity contribution in [2.75, 3.05) is 0 Å². The van der Waals surface area contributed by atoms with E-state index in [1.165, 1.54) is 29.3 Å². The molecule has 1 aliphatic rings. The van der Waals surface area contributed by atoms with E-state index in [9.17, 15) is 0 Å². The average Bonchev–Trinajstić information content (AvgIpc) is 3.02. The second kappa shape index (κ2) is 4.17. The molecule has 1 aliphatic carbocycles. The van der Waals surface area contributed by atoms with Crippen molar-refractivity contribution in [1.82, 2.24) is 4.57 Å². The van der Waals surface area contributed by atoms with Gasteiger partial charge in [-0.15, -0.1) is 0 Å². The Balaban J connectivity index is 2.00. The first-order valence-corrected chi connectivity index (χ1v) is 6.72. The summed E-state index contributed by atoms with van der Waals surface area (Å²) in [6.45, 7) is 3.20. The fourth-order valence-electron chi connectivity index (χ4n) is 2.85. The maximum absolute atomic E-state index is 8.93. The molecule has 1 heterocycles. The molecule has 0 bridgehead atoms. The number of aromatic nitrogens is 1. The number of para-hydroxylation sites is 1. The quantitative estimate of drug-likeness (QED) is 0.794. The lowest BCUT2D eigenvalue weighted by Crippen LogP contribution is -2.10. The lowest BCUT2D eigenvalue weighted by molar-refractivity contribution is 0.439. The van der Waals surface area contributed by atoms with E-state index in [1.807, 2.05) is 0 Å². The molecule has 0 amide bonds. The van der Waals surface area contributed by atoms with Crippen LogP contribution >= 0.6 is 0 Å². The van der Waals surface area contributed by atoms with Gasteiger partial charge in [0, 0.05) is 24.6 Å². The van der Waals surface area contributed by atoms with E-state index in [0.29, 0.717) is 6.42 Å².